The molecule has 2 heteroatoms. The zero-order chi connectivity index (χ0) is 14.9. The normalized spacial score (nSPS) is 36.3. The van der Waals surface area contributed by atoms with Crippen LogP contribution in [0.1, 0.15) is 72.1 Å². The van der Waals surface area contributed by atoms with E-state index in [0.717, 1.165) is 23.8 Å². The standard InChI is InChI=1S/C19H36N2/c1-15(2)11-12-21-14-19(3,17-9-10-17)20-13-18(21)16-7-5-4-6-8-16/h15-18,20H,4-14H2,1-3H3. The Kier molecular flexibility index (Phi) is 4.95. The van der Waals surface area contributed by atoms with Crippen molar-refractivity contribution in [3.8, 4) is 0 Å². The van der Waals surface area contributed by atoms with Gasteiger partial charge < -0.3 is 5.32 Å². The molecule has 0 radical (unpaired) electrons. The second-order valence-electron chi connectivity index (χ2n) is 8.69. The molecule has 1 saturated heterocycles. The number of piperazine rings is 1. The molecule has 2 atom stereocenters. The van der Waals surface area contributed by atoms with E-state index in [9.17, 15) is 0 Å². The first-order valence-electron chi connectivity index (χ1n) is 9.57. The number of nitrogens with one attached hydrogen (secondary N) is 1. The molecule has 2 nitrogen and oxygen atoms in total. The number of hydrogen-bond donors (Lipinski definition) is 1. The fraction of sp³-hybridized carbons (Fsp3) is 1.00. The molecule has 0 aromatic heterocycles. The van der Waals surface area contributed by atoms with Crippen molar-refractivity contribution in [3.05, 3.63) is 0 Å². The van der Waals surface area contributed by atoms with Crippen molar-refractivity contribution in [3.63, 3.8) is 0 Å². The summed E-state index contributed by atoms with van der Waals surface area (Å²) in [4.78, 5) is 2.89. The van der Waals surface area contributed by atoms with Crippen LogP contribution in [0.15, 0.2) is 0 Å². The molecule has 0 bridgehead atoms. The molecule has 0 spiro atoms. The van der Waals surface area contributed by atoms with Gasteiger partial charge in [-0.05, 0) is 63.3 Å². The fourth-order valence-electron chi connectivity index (χ4n) is 4.71. The number of rotatable bonds is 5. The topological polar surface area (TPSA) is 15.3 Å². The van der Waals surface area contributed by atoms with Crippen molar-refractivity contribution in [2.24, 2.45) is 17.8 Å². The largest absolute Gasteiger partial charge is 0.308 e. The lowest BCUT2D eigenvalue weighted by atomic mass is 9.80. The molecule has 3 aliphatic rings. The Bertz CT molecular complexity index is 330. The highest BCUT2D eigenvalue weighted by atomic mass is 15.3. The van der Waals surface area contributed by atoms with Gasteiger partial charge in [0.2, 0.25) is 0 Å². The van der Waals surface area contributed by atoms with E-state index in [4.69, 9.17) is 0 Å². The minimum Gasteiger partial charge on any atom is -0.308 e. The summed E-state index contributed by atoms with van der Waals surface area (Å²) in [6, 6.07) is 0.816. The fourth-order valence-corrected chi connectivity index (χ4v) is 4.71. The lowest BCUT2D eigenvalue weighted by Gasteiger charge is -2.50. The molecule has 3 rings (SSSR count). The minimum atomic E-state index is 0.405. The minimum absolute atomic E-state index is 0.405. The molecule has 3 fully saturated rings. The number of nitrogens with zero attached hydrogens (tertiary/aromatic N) is 1. The van der Waals surface area contributed by atoms with Gasteiger partial charge in [0.05, 0.1) is 0 Å². The molecule has 2 unspecified atom stereocenters. The quantitative estimate of drug-likeness (QED) is 0.822. The zero-order valence-electron chi connectivity index (χ0n) is 14.5. The Morgan fingerprint density at radius 3 is 2.43 bits per heavy atom. The molecule has 1 N–H and O–H groups in total. The van der Waals surface area contributed by atoms with Crippen LogP contribution in [0.2, 0.25) is 0 Å². The van der Waals surface area contributed by atoms with E-state index in [1.807, 2.05) is 0 Å². The highest BCUT2D eigenvalue weighted by molar-refractivity contribution is 5.05. The molecule has 2 aliphatic carbocycles. The summed E-state index contributed by atoms with van der Waals surface area (Å²) in [6.45, 7) is 11.1. The summed E-state index contributed by atoms with van der Waals surface area (Å²) >= 11 is 0. The van der Waals surface area contributed by atoms with Gasteiger partial charge in [0.15, 0.2) is 0 Å². The summed E-state index contributed by atoms with van der Waals surface area (Å²) in [7, 11) is 0. The predicted octanol–water partition coefficient (Wildman–Crippen LogP) is 4.06. The van der Waals surface area contributed by atoms with E-state index in [-0.39, 0.29) is 0 Å². The average Bonchev–Trinajstić information content (AvgIpc) is 3.31. The first kappa shape index (κ1) is 15.8. The molecule has 1 heterocycles. The van der Waals surface area contributed by atoms with E-state index in [0.29, 0.717) is 5.54 Å². The third-order valence-electron chi connectivity index (χ3n) is 6.38. The van der Waals surface area contributed by atoms with Gasteiger partial charge >= 0.3 is 0 Å². The summed E-state index contributed by atoms with van der Waals surface area (Å²) in [6.07, 6.45) is 11.6. The van der Waals surface area contributed by atoms with E-state index in [2.05, 4.69) is 31.0 Å². The smallest absolute Gasteiger partial charge is 0.0309 e. The third kappa shape index (κ3) is 3.82. The van der Waals surface area contributed by atoms with Crippen LogP contribution in [0.4, 0.5) is 0 Å². The molecule has 21 heavy (non-hydrogen) atoms. The number of hydrogen-bond acceptors (Lipinski definition) is 2. The molecule has 0 aromatic rings. The average molecular weight is 293 g/mol. The summed E-state index contributed by atoms with van der Waals surface area (Å²) in [5.74, 6) is 2.74. The summed E-state index contributed by atoms with van der Waals surface area (Å²) in [5, 5.41) is 3.98. The van der Waals surface area contributed by atoms with Gasteiger partial charge in [-0.15, -0.1) is 0 Å². The van der Waals surface area contributed by atoms with E-state index < -0.39 is 0 Å². The van der Waals surface area contributed by atoms with E-state index >= 15 is 0 Å². The van der Waals surface area contributed by atoms with Crippen LogP contribution in [0, 0.1) is 17.8 Å². The van der Waals surface area contributed by atoms with Crippen LogP contribution < -0.4 is 5.32 Å². The first-order chi connectivity index (χ1) is 10.1. The van der Waals surface area contributed by atoms with Gasteiger partial charge in [-0.2, -0.15) is 0 Å². The molecule has 0 amide bonds. The van der Waals surface area contributed by atoms with Crippen molar-refractivity contribution in [2.75, 3.05) is 19.6 Å². The SMILES string of the molecule is CC(C)CCN1CC(C)(C2CC2)NCC1C1CCCCC1. The Morgan fingerprint density at radius 1 is 1.10 bits per heavy atom. The highest BCUT2D eigenvalue weighted by Gasteiger charge is 2.47. The Morgan fingerprint density at radius 2 is 1.81 bits per heavy atom. The van der Waals surface area contributed by atoms with Crippen LogP contribution in [0.5, 0.6) is 0 Å². The second-order valence-corrected chi connectivity index (χ2v) is 8.69. The summed E-state index contributed by atoms with van der Waals surface area (Å²) in [5.41, 5.74) is 0.405. The van der Waals surface area contributed by atoms with Crippen LogP contribution in [0.25, 0.3) is 0 Å². The lowest BCUT2D eigenvalue weighted by molar-refractivity contribution is 0.0311. The van der Waals surface area contributed by atoms with Gasteiger partial charge in [-0.3, -0.25) is 4.90 Å². The van der Waals surface area contributed by atoms with Crippen molar-refractivity contribution in [2.45, 2.75) is 83.7 Å². The summed E-state index contributed by atoms with van der Waals surface area (Å²) < 4.78 is 0. The van der Waals surface area contributed by atoms with Gasteiger partial charge in [-0.1, -0.05) is 33.1 Å². The maximum absolute atomic E-state index is 3.98. The van der Waals surface area contributed by atoms with Gasteiger partial charge in [-0.25, -0.2) is 0 Å². The molecule has 0 aromatic carbocycles. The monoisotopic (exact) mass is 292 g/mol. The third-order valence-corrected chi connectivity index (χ3v) is 6.38. The Hall–Kier alpha value is -0.0800. The van der Waals surface area contributed by atoms with Gasteiger partial charge in [0.1, 0.15) is 0 Å². The van der Waals surface area contributed by atoms with Crippen LogP contribution >= 0.6 is 0 Å². The molecule has 122 valence electrons. The second kappa shape index (κ2) is 6.58. The Labute approximate surface area is 132 Å². The maximum atomic E-state index is 3.98. The first-order valence-corrected chi connectivity index (χ1v) is 9.57. The molecule has 1 aliphatic heterocycles. The van der Waals surface area contributed by atoms with Crippen LogP contribution in [0.3, 0.4) is 0 Å². The highest BCUT2D eigenvalue weighted by Crippen LogP contribution is 2.42. The lowest BCUT2D eigenvalue weighted by Crippen LogP contribution is -2.65. The van der Waals surface area contributed by atoms with Gasteiger partial charge in [0.25, 0.3) is 0 Å². The zero-order valence-corrected chi connectivity index (χ0v) is 14.5. The van der Waals surface area contributed by atoms with Crippen LogP contribution in [-0.4, -0.2) is 36.1 Å². The predicted molar refractivity (Wildman–Crippen MR) is 90.5 cm³/mol. The van der Waals surface area contributed by atoms with Crippen LogP contribution in [-0.2, 0) is 0 Å². The maximum Gasteiger partial charge on any atom is 0.0309 e. The van der Waals surface area contributed by atoms with Crippen molar-refractivity contribution < 1.29 is 0 Å². The van der Waals surface area contributed by atoms with Crippen molar-refractivity contribution in [1.82, 2.24) is 10.2 Å². The van der Waals surface area contributed by atoms with Crippen molar-refractivity contribution in [1.29, 1.82) is 0 Å². The molecular weight excluding hydrogens is 256 g/mol. The van der Waals surface area contributed by atoms with Gasteiger partial charge in [0, 0.05) is 24.7 Å². The Balaban J connectivity index is 1.65. The van der Waals surface area contributed by atoms with Crippen molar-refractivity contribution >= 4 is 0 Å². The molecular formula is C19H36N2. The van der Waals surface area contributed by atoms with E-state index in [1.54, 1.807) is 0 Å². The molecule has 2 saturated carbocycles. The van der Waals surface area contributed by atoms with E-state index in [1.165, 1.54) is 71.0 Å².